The van der Waals surface area contributed by atoms with Crippen molar-refractivity contribution in [2.45, 2.75) is 36.6 Å². The fraction of sp³-hybridized carbons (Fsp3) is 0.467. The maximum absolute atomic E-state index is 13.5. The van der Waals surface area contributed by atoms with E-state index in [0.29, 0.717) is 16.6 Å². The van der Waals surface area contributed by atoms with Crippen molar-refractivity contribution in [2.24, 2.45) is 11.8 Å². The number of aliphatic carboxylic acids is 1. The number of thioether (sulfide) groups is 1. The van der Waals surface area contributed by atoms with Crippen LogP contribution in [0.25, 0.3) is 10.9 Å². The van der Waals surface area contributed by atoms with E-state index in [-0.39, 0.29) is 18.4 Å². The molecular weight excluding hydrogens is 520 g/mol. The van der Waals surface area contributed by atoms with Crippen LogP contribution in [0.15, 0.2) is 53.6 Å². The van der Waals surface area contributed by atoms with Crippen LogP contribution in [0.5, 0.6) is 5.75 Å². The molecule has 2 aromatic carbocycles. The molecule has 6 nitrogen and oxygen atoms in total. The first-order chi connectivity index (χ1) is 18.7. The van der Waals surface area contributed by atoms with Crippen molar-refractivity contribution in [3.05, 3.63) is 65.9 Å². The number of carboxylic acids is 1. The van der Waals surface area contributed by atoms with E-state index in [2.05, 4.69) is 34.9 Å². The summed E-state index contributed by atoms with van der Waals surface area (Å²) in [6.07, 6.45) is 4.77. The van der Waals surface area contributed by atoms with Crippen LogP contribution in [-0.2, 0) is 4.79 Å². The molecule has 0 saturated carbocycles. The standard InChI is InChI=1S/C30H37F2N3O3S/c1-34(2)29(26-8-10-33-28-6-5-24(38-3)18-27(26)28)7-4-20-9-11-35(19-21(20)14-30(36)37)12-13-39-25-16-22(31)15-23(32)17-25/h5-6,8,10,15-18,20-21,29H,4,7,9,11-14,19H2,1-3H3,(H,36,37)/t20-,21+,29?/m1/s1. The average Bonchev–Trinajstić information content (AvgIpc) is 2.88. The van der Waals surface area contributed by atoms with Crippen molar-refractivity contribution in [2.75, 3.05) is 46.6 Å². The number of nitrogens with zero attached hydrogens (tertiary/aromatic N) is 3. The highest BCUT2D eigenvalue weighted by Crippen LogP contribution is 2.36. The first-order valence-electron chi connectivity index (χ1n) is 13.4. The van der Waals surface area contributed by atoms with E-state index < -0.39 is 17.6 Å². The minimum Gasteiger partial charge on any atom is -0.497 e. The number of piperidine rings is 1. The predicted octanol–water partition coefficient (Wildman–Crippen LogP) is 6.11. The van der Waals surface area contributed by atoms with Crippen molar-refractivity contribution < 1.29 is 23.4 Å². The first kappa shape index (κ1) is 29.2. The van der Waals surface area contributed by atoms with Crippen molar-refractivity contribution in [3.63, 3.8) is 0 Å². The molecule has 0 bridgehead atoms. The molecule has 1 N–H and O–H groups in total. The highest BCUT2D eigenvalue weighted by molar-refractivity contribution is 7.99. The number of carbonyl (C=O) groups is 1. The normalized spacial score (nSPS) is 18.9. The monoisotopic (exact) mass is 557 g/mol. The Labute approximate surface area is 233 Å². The summed E-state index contributed by atoms with van der Waals surface area (Å²) in [6.45, 7) is 2.36. The van der Waals surface area contributed by atoms with E-state index in [9.17, 15) is 18.7 Å². The van der Waals surface area contributed by atoms with Gasteiger partial charge in [0, 0.05) is 53.8 Å². The molecule has 210 valence electrons. The smallest absolute Gasteiger partial charge is 0.303 e. The lowest BCUT2D eigenvalue weighted by atomic mass is 9.79. The second kappa shape index (κ2) is 13.5. The summed E-state index contributed by atoms with van der Waals surface area (Å²) in [5.74, 6) is -0.0622. The van der Waals surface area contributed by atoms with Gasteiger partial charge in [0.1, 0.15) is 17.4 Å². The van der Waals surface area contributed by atoms with Crippen molar-refractivity contribution in [1.29, 1.82) is 0 Å². The van der Waals surface area contributed by atoms with E-state index in [1.165, 1.54) is 29.5 Å². The number of carboxylic acid groups (broad SMARTS) is 1. The number of halogens is 2. The van der Waals surface area contributed by atoms with Gasteiger partial charge in [-0.2, -0.15) is 0 Å². The minimum atomic E-state index is -0.771. The number of fused-ring (bicyclic) bond motifs is 1. The van der Waals surface area contributed by atoms with Gasteiger partial charge in [-0.3, -0.25) is 9.78 Å². The summed E-state index contributed by atoms with van der Waals surface area (Å²) >= 11 is 1.42. The zero-order chi connectivity index (χ0) is 27.9. The molecule has 0 spiro atoms. The number of aromatic nitrogens is 1. The Morgan fingerprint density at radius 1 is 1.18 bits per heavy atom. The lowest BCUT2D eigenvalue weighted by molar-refractivity contribution is -0.139. The van der Waals surface area contributed by atoms with Crippen molar-refractivity contribution in [1.82, 2.24) is 14.8 Å². The van der Waals surface area contributed by atoms with E-state index in [0.717, 1.165) is 61.6 Å². The number of pyridine rings is 1. The molecule has 1 fully saturated rings. The summed E-state index contributed by atoms with van der Waals surface area (Å²) in [6, 6.07) is 11.7. The molecule has 9 heteroatoms. The van der Waals surface area contributed by atoms with Gasteiger partial charge in [0.05, 0.1) is 12.6 Å². The van der Waals surface area contributed by atoms with Crippen molar-refractivity contribution in [3.8, 4) is 5.75 Å². The molecule has 2 heterocycles. The Morgan fingerprint density at radius 3 is 2.64 bits per heavy atom. The summed E-state index contributed by atoms with van der Waals surface area (Å²) in [5.41, 5.74) is 2.12. The topological polar surface area (TPSA) is 65.9 Å². The molecule has 1 unspecified atom stereocenters. The van der Waals surface area contributed by atoms with E-state index in [4.69, 9.17) is 4.74 Å². The van der Waals surface area contributed by atoms with Crippen LogP contribution in [-0.4, -0.2) is 72.5 Å². The van der Waals surface area contributed by atoms with Gasteiger partial charge in [-0.05, 0) is 93.7 Å². The van der Waals surface area contributed by atoms with Crippen LogP contribution in [0.3, 0.4) is 0 Å². The van der Waals surface area contributed by atoms with Crippen LogP contribution in [0.4, 0.5) is 8.78 Å². The molecular formula is C30H37F2N3O3S. The van der Waals surface area contributed by atoms with Crippen LogP contribution >= 0.6 is 11.8 Å². The van der Waals surface area contributed by atoms with Gasteiger partial charge >= 0.3 is 5.97 Å². The fourth-order valence-electron chi connectivity index (χ4n) is 5.73. The number of rotatable bonds is 12. The Bertz CT molecular complexity index is 1260. The molecule has 1 aliphatic heterocycles. The average molecular weight is 558 g/mol. The van der Waals surface area contributed by atoms with Crippen LogP contribution in [0.1, 0.15) is 37.3 Å². The lowest BCUT2D eigenvalue weighted by Gasteiger charge is -2.39. The Kier molecular flexibility index (Phi) is 10.2. The molecule has 3 atom stereocenters. The molecule has 1 aromatic heterocycles. The van der Waals surface area contributed by atoms with Gasteiger partial charge in [-0.1, -0.05) is 0 Å². The molecule has 1 aliphatic rings. The summed E-state index contributed by atoms with van der Waals surface area (Å²) < 4.78 is 32.4. The van der Waals surface area contributed by atoms with Gasteiger partial charge < -0.3 is 19.6 Å². The highest BCUT2D eigenvalue weighted by atomic mass is 32.2. The molecule has 0 radical (unpaired) electrons. The van der Waals surface area contributed by atoms with E-state index >= 15 is 0 Å². The highest BCUT2D eigenvalue weighted by Gasteiger charge is 2.31. The van der Waals surface area contributed by atoms with Crippen LogP contribution < -0.4 is 4.74 Å². The molecule has 4 rings (SSSR count). The van der Waals surface area contributed by atoms with E-state index in [1.807, 2.05) is 24.4 Å². The van der Waals surface area contributed by atoms with Crippen LogP contribution in [0, 0.1) is 23.5 Å². The largest absolute Gasteiger partial charge is 0.497 e. The SMILES string of the molecule is COc1ccc2nccc(C(CC[C@@H]3CCN(CCSc4cc(F)cc(F)c4)C[C@@H]3CC(=O)O)N(C)C)c2c1. The van der Waals surface area contributed by atoms with Gasteiger partial charge in [-0.25, -0.2) is 8.78 Å². The number of ether oxygens (including phenoxy) is 1. The van der Waals surface area contributed by atoms with Gasteiger partial charge in [0.15, 0.2) is 0 Å². The Balaban J connectivity index is 1.40. The third-order valence-electron chi connectivity index (χ3n) is 7.70. The molecule has 0 amide bonds. The molecule has 1 saturated heterocycles. The summed E-state index contributed by atoms with van der Waals surface area (Å²) in [7, 11) is 5.82. The third kappa shape index (κ3) is 7.90. The maximum Gasteiger partial charge on any atom is 0.303 e. The van der Waals surface area contributed by atoms with E-state index in [1.54, 1.807) is 7.11 Å². The fourth-order valence-corrected chi connectivity index (χ4v) is 6.70. The second-order valence-corrected chi connectivity index (χ2v) is 11.7. The number of benzene rings is 2. The summed E-state index contributed by atoms with van der Waals surface area (Å²) in [4.78, 5) is 21.4. The van der Waals surface area contributed by atoms with Gasteiger partial charge in [0.2, 0.25) is 0 Å². The Hall–Kier alpha value is -2.75. The zero-order valence-electron chi connectivity index (χ0n) is 22.8. The quantitative estimate of drug-likeness (QED) is 0.270. The predicted molar refractivity (Wildman–Crippen MR) is 151 cm³/mol. The Morgan fingerprint density at radius 2 is 1.95 bits per heavy atom. The van der Waals surface area contributed by atoms with Gasteiger partial charge in [0.25, 0.3) is 0 Å². The second-order valence-electron chi connectivity index (χ2n) is 10.5. The lowest BCUT2D eigenvalue weighted by Crippen LogP contribution is -2.42. The third-order valence-corrected chi connectivity index (χ3v) is 8.66. The van der Waals surface area contributed by atoms with Crippen LogP contribution in [0.2, 0.25) is 0 Å². The molecule has 39 heavy (non-hydrogen) atoms. The van der Waals surface area contributed by atoms with Crippen molar-refractivity contribution >= 4 is 28.6 Å². The minimum absolute atomic E-state index is 0.0601. The van der Waals surface area contributed by atoms with Gasteiger partial charge in [-0.15, -0.1) is 11.8 Å². The first-order valence-corrected chi connectivity index (χ1v) is 14.3. The number of hydrogen-bond donors (Lipinski definition) is 1. The molecule has 0 aliphatic carbocycles. The molecule has 3 aromatic rings. The zero-order valence-corrected chi connectivity index (χ0v) is 23.6. The maximum atomic E-state index is 13.5. The number of methoxy groups -OCH3 is 1. The summed E-state index contributed by atoms with van der Waals surface area (Å²) in [5, 5.41) is 10.7. The number of hydrogen-bond acceptors (Lipinski definition) is 6. The number of likely N-dealkylation sites (tertiary alicyclic amines) is 1.